The highest BCUT2D eigenvalue weighted by Crippen LogP contribution is 2.29. The van der Waals surface area contributed by atoms with Crippen LogP contribution in [0.25, 0.3) is 0 Å². The predicted molar refractivity (Wildman–Crippen MR) is 89.4 cm³/mol. The first-order chi connectivity index (χ1) is 11.8. The van der Waals surface area contributed by atoms with E-state index in [9.17, 15) is 22.4 Å². The number of hydrogen-bond acceptors (Lipinski definition) is 6. The fraction of sp³-hybridized carbons (Fsp3) is 0.467. The Labute approximate surface area is 149 Å². The molecule has 0 bridgehead atoms. The van der Waals surface area contributed by atoms with Gasteiger partial charge in [-0.2, -0.15) is 4.31 Å². The van der Waals surface area contributed by atoms with Gasteiger partial charge < -0.3 is 4.74 Å². The summed E-state index contributed by atoms with van der Waals surface area (Å²) in [6, 6.07) is 3.22. The number of imide groups is 1. The van der Waals surface area contributed by atoms with E-state index in [0.29, 0.717) is 12.8 Å². The lowest BCUT2D eigenvalue weighted by molar-refractivity contribution is -0.126. The van der Waals surface area contributed by atoms with Gasteiger partial charge in [0.1, 0.15) is 0 Å². The molecule has 0 spiro atoms. The zero-order chi connectivity index (χ0) is 18.2. The van der Waals surface area contributed by atoms with Gasteiger partial charge in [0.05, 0.1) is 17.8 Å². The Hall–Kier alpha value is -1.65. The largest absolute Gasteiger partial charge is 0.494 e. The van der Waals surface area contributed by atoms with Gasteiger partial charge >= 0.3 is 0 Å². The van der Waals surface area contributed by atoms with Gasteiger partial charge in [0.15, 0.2) is 11.6 Å². The van der Waals surface area contributed by atoms with Crippen molar-refractivity contribution < 1.29 is 27.1 Å². The number of rotatable bonds is 4. The fourth-order valence-corrected chi connectivity index (χ4v) is 5.27. The van der Waals surface area contributed by atoms with Crippen LogP contribution in [0.3, 0.4) is 0 Å². The maximum atomic E-state index is 13.8. The molecule has 0 radical (unpaired) electrons. The second-order valence-electron chi connectivity index (χ2n) is 5.75. The summed E-state index contributed by atoms with van der Waals surface area (Å²) >= 11 is 0.967. The van der Waals surface area contributed by atoms with Crippen LogP contribution in [0.15, 0.2) is 23.1 Å². The van der Waals surface area contributed by atoms with Crippen molar-refractivity contribution >= 4 is 32.9 Å². The molecular formula is C15H17FN2O5S2. The van der Waals surface area contributed by atoms with Crippen molar-refractivity contribution in [2.75, 3.05) is 26.0 Å². The van der Waals surface area contributed by atoms with Crippen LogP contribution in [0.1, 0.15) is 12.8 Å². The Morgan fingerprint density at radius 1 is 1.24 bits per heavy atom. The number of piperidine rings is 1. The van der Waals surface area contributed by atoms with E-state index in [0.717, 1.165) is 17.8 Å². The smallest absolute Gasteiger partial charge is 0.289 e. The highest BCUT2D eigenvalue weighted by molar-refractivity contribution is 8.14. The van der Waals surface area contributed by atoms with Crippen LogP contribution in [0.5, 0.6) is 5.75 Å². The second-order valence-corrected chi connectivity index (χ2v) is 8.61. The summed E-state index contributed by atoms with van der Waals surface area (Å²) in [4.78, 5) is 24.6. The van der Waals surface area contributed by atoms with Crippen LogP contribution in [-0.2, 0) is 14.8 Å². The number of carbonyl (C=O) groups excluding carboxylic acids is 2. The van der Waals surface area contributed by atoms with Gasteiger partial charge in [-0.15, -0.1) is 0 Å². The number of hydrogen-bond donors (Lipinski definition) is 0. The first-order valence-corrected chi connectivity index (χ1v) is 10.1. The third-order valence-electron chi connectivity index (χ3n) is 4.33. The Kier molecular flexibility index (Phi) is 5.03. The lowest BCUT2D eigenvalue weighted by Crippen LogP contribution is -2.48. The molecule has 10 heteroatoms. The molecule has 0 aromatic heterocycles. The molecule has 2 aliphatic rings. The maximum absolute atomic E-state index is 13.8. The van der Waals surface area contributed by atoms with Crippen LogP contribution in [0.4, 0.5) is 9.18 Å². The standard InChI is InChI=1S/C15H17FN2O5S2/c1-23-13-3-2-11(8-12(13)16)25(21,22)17-6-4-10(5-7-17)18-14(19)9-24-15(18)20/h2-3,8,10H,4-7,9H2,1H3. The second kappa shape index (κ2) is 6.93. The van der Waals surface area contributed by atoms with E-state index < -0.39 is 15.8 Å². The van der Waals surface area contributed by atoms with Gasteiger partial charge in [-0.25, -0.2) is 12.8 Å². The molecule has 0 N–H and O–H groups in total. The Morgan fingerprint density at radius 3 is 2.44 bits per heavy atom. The number of halogens is 1. The highest BCUT2D eigenvalue weighted by atomic mass is 32.2. The quantitative estimate of drug-likeness (QED) is 0.780. The highest BCUT2D eigenvalue weighted by Gasteiger charge is 2.39. The topological polar surface area (TPSA) is 84.0 Å². The summed E-state index contributed by atoms with van der Waals surface area (Å²) in [7, 11) is -2.54. The van der Waals surface area contributed by atoms with Gasteiger partial charge in [0.2, 0.25) is 15.9 Å². The third-order valence-corrected chi connectivity index (χ3v) is 7.06. The Bertz CT molecular complexity index is 790. The lowest BCUT2D eigenvalue weighted by Gasteiger charge is -2.34. The number of benzene rings is 1. The molecule has 2 aliphatic heterocycles. The molecule has 1 aromatic carbocycles. The average Bonchev–Trinajstić information content (AvgIpc) is 2.93. The van der Waals surface area contributed by atoms with Crippen molar-refractivity contribution in [3.05, 3.63) is 24.0 Å². The number of nitrogens with zero attached hydrogens (tertiary/aromatic N) is 2. The maximum Gasteiger partial charge on any atom is 0.289 e. The third kappa shape index (κ3) is 3.38. The molecule has 0 aliphatic carbocycles. The van der Waals surface area contributed by atoms with Crippen molar-refractivity contribution in [3.8, 4) is 5.75 Å². The van der Waals surface area contributed by atoms with Gasteiger partial charge in [0.25, 0.3) is 5.24 Å². The molecule has 0 atom stereocenters. The van der Waals surface area contributed by atoms with Crippen molar-refractivity contribution in [2.45, 2.75) is 23.8 Å². The molecule has 2 saturated heterocycles. The van der Waals surface area contributed by atoms with Gasteiger partial charge in [-0.1, -0.05) is 11.8 Å². The number of methoxy groups -OCH3 is 1. The van der Waals surface area contributed by atoms with E-state index in [1.807, 2.05) is 0 Å². The van der Waals surface area contributed by atoms with Crippen LogP contribution in [0, 0.1) is 5.82 Å². The Morgan fingerprint density at radius 2 is 1.92 bits per heavy atom. The molecule has 1 aromatic rings. The number of sulfonamides is 1. The molecule has 0 saturated carbocycles. The van der Waals surface area contributed by atoms with Crippen LogP contribution < -0.4 is 4.74 Å². The fourth-order valence-electron chi connectivity index (χ4n) is 3.01. The summed E-state index contributed by atoms with van der Waals surface area (Å²) in [5.41, 5.74) is 0. The molecular weight excluding hydrogens is 371 g/mol. The van der Waals surface area contributed by atoms with Crippen molar-refractivity contribution in [1.29, 1.82) is 0 Å². The van der Waals surface area contributed by atoms with Crippen LogP contribution in [-0.4, -0.2) is 60.8 Å². The molecule has 2 fully saturated rings. The minimum atomic E-state index is -3.84. The summed E-state index contributed by atoms with van der Waals surface area (Å²) in [6.45, 7) is 0.338. The monoisotopic (exact) mass is 388 g/mol. The first-order valence-electron chi connectivity index (χ1n) is 7.67. The van der Waals surface area contributed by atoms with E-state index in [2.05, 4.69) is 0 Å². The molecule has 136 valence electrons. The van der Waals surface area contributed by atoms with Crippen LogP contribution >= 0.6 is 11.8 Å². The van der Waals surface area contributed by atoms with Crippen molar-refractivity contribution in [1.82, 2.24) is 9.21 Å². The van der Waals surface area contributed by atoms with Crippen molar-refractivity contribution in [3.63, 3.8) is 0 Å². The molecule has 7 nitrogen and oxygen atoms in total. The minimum Gasteiger partial charge on any atom is -0.494 e. The van der Waals surface area contributed by atoms with Crippen LogP contribution in [0.2, 0.25) is 0 Å². The van der Waals surface area contributed by atoms with E-state index in [1.54, 1.807) is 0 Å². The normalized spacial score (nSPS) is 20.3. The number of carbonyl (C=O) groups is 2. The molecule has 2 heterocycles. The predicted octanol–water partition coefficient (Wildman–Crippen LogP) is 1.68. The molecule has 25 heavy (non-hydrogen) atoms. The van der Waals surface area contributed by atoms with E-state index in [1.165, 1.54) is 28.4 Å². The zero-order valence-electron chi connectivity index (χ0n) is 13.5. The Balaban J connectivity index is 1.72. The van der Waals surface area contributed by atoms with E-state index in [-0.39, 0.29) is 46.7 Å². The van der Waals surface area contributed by atoms with Crippen molar-refractivity contribution in [2.24, 2.45) is 0 Å². The summed E-state index contributed by atoms with van der Waals surface area (Å²) in [5.74, 6) is -0.860. The van der Waals surface area contributed by atoms with E-state index in [4.69, 9.17) is 4.74 Å². The van der Waals surface area contributed by atoms with Gasteiger partial charge in [-0.05, 0) is 31.0 Å². The van der Waals surface area contributed by atoms with Gasteiger partial charge in [0, 0.05) is 19.1 Å². The summed E-state index contributed by atoms with van der Waals surface area (Å²) in [5, 5.41) is -0.275. The zero-order valence-corrected chi connectivity index (χ0v) is 15.1. The summed E-state index contributed by atoms with van der Waals surface area (Å²) in [6.07, 6.45) is 0.742. The SMILES string of the molecule is COc1ccc(S(=O)(=O)N2CCC(N3C(=O)CSC3=O)CC2)cc1F. The molecule has 0 unspecified atom stereocenters. The first kappa shape index (κ1) is 18.2. The minimum absolute atomic E-state index is 0.0267. The average molecular weight is 388 g/mol. The number of amides is 2. The lowest BCUT2D eigenvalue weighted by atomic mass is 10.1. The molecule has 2 amide bonds. The number of thioether (sulfide) groups is 1. The van der Waals surface area contributed by atoms with E-state index >= 15 is 0 Å². The van der Waals surface area contributed by atoms with Gasteiger partial charge in [-0.3, -0.25) is 14.5 Å². The molecule has 3 rings (SSSR count). The number of ether oxygens (including phenoxy) is 1. The summed E-state index contributed by atoms with van der Waals surface area (Å²) < 4.78 is 45.2.